The van der Waals surface area contributed by atoms with Gasteiger partial charge in [-0.25, -0.2) is 4.39 Å². The number of methoxy groups -OCH3 is 1. The molecule has 9 heteroatoms. The molecule has 0 spiro atoms. The van der Waals surface area contributed by atoms with Gasteiger partial charge in [-0.2, -0.15) is 22.0 Å². The highest BCUT2D eigenvalue weighted by Crippen LogP contribution is 2.45. The van der Waals surface area contributed by atoms with Crippen molar-refractivity contribution in [3.63, 3.8) is 0 Å². The predicted octanol–water partition coefficient (Wildman–Crippen LogP) is 3.45. The average Bonchev–Trinajstić information content (AvgIpc) is 2.26. The highest BCUT2D eigenvalue weighted by Gasteiger charge is 2.62. The molecule has 0 aliphatic heterocycles. The van der Waals surface area contributed by atoms with Gasteiger partial charge in [0, 0.05) is 5.56 Å². The standard InChI is InChI=1S/C10H9F6NO.ClH/c1-18-7-5(3-2-4-6(7)11)8(17)9(12,13)10(14,15)16;/h2-4,8H,17H2,1H3;1H/t8-;/m0./s1. The molecule has 1 aromatic carbocycles. The summed E-state index contributed by atoms with van der Waals surface area (Å²) in [6.07, 6.45) is -5.83. The maximum atomic E-state index is 13.2. The Bertz CT molecular complexity index is 437. The van der Waals surface area contributed by atoms with Crippen molar-refractivity contribution in [1.29, 1.82) is 0 Å². The molecule has 1 atom stereocenters. The Morgan fingerprint density at radius 1 is 1.16 bits per heavy atom. The topological polar surface area (TPSA) is 35.2 Å². The van der Waals surface area contributed by atoms with Crippen molar-refractivity contribution in [1.82, 2.24) is 0 Å². The van der Waals surface area contributed by atoms with Crippen molar-refractivity contribution in [3.05, 3.63) is 29.6 Å². The van der Waals surface area contributed by atoms with Crippen LogP contribution in [0.4, 0.5) is 26.3 Å². The fraction of sp³-hybridized carbons (Fsp3) is 0.400. The van der Waals surface area contributed by atoms with E-state index in [2.05, 4.69) is 4.74 Å². The number of alkyl halides is 5. The first-order valence-electron chi connectivity index (χ1n) is 4.65. The third kappa shape index (κ3) is 3.24. The molecule has 0 amide bonds. The van der Waals surface area contributed by atoms with Crippen LogP contribution < -0.4 is 10.5 Å². The van der Waals surface area contributed by atoms with Gasteiger partial charge in [0.05, 0.1) is 7.11 Å². The molecule has 2 N–H and O–H groups in total. The maximum absolute atomic E-state index is 13.2. The third-order valence-electron chi connectivity index (χ3n) is 2.31. The minimum atomic E-state index is -5.83. The zero-order valence-electron chi connectivity index (χ0n) is 9.47. The van der Waals surface area contributed by atoms with Gasteiger partial charge in [0.25, 0.3) is 0 Å². The van der Waals surface area contributed by atoms with Crippen LogP contribution >= 0.6 is 12.4 Å². The van der Waals surface area contributed by atoms with Gasteiger partial charge in [0.1, 0.15) is 6.04 Å². The number of ether oxygens (including phenoxy) is 1. The van der Waals surface area contributed by atoms with E-state index in [1.54, 1.807) is 0 Å². The summed E-state index contributed by atoms with van der Waals surface area (Å²) in [5.74, 6) is -6.98. The van der Waals surface area contributed by atoms with Gasteiger partial charge in [0.2, 0.25) is 0 Å². The Labute approximate surface area is 110 Å². The molecule has 1 rings (SSSR count). The molecule has 0 saturated carbocycles. The highest BCUT2D eigenvalue weighted by molar-refractivity contribution is 5.85. The van der Waals surface area contributed by atoms with Crippen LogP contribution in [0.25, 0.3) is 0 Å². The Morgan fingerprint density at radius 2 is 1.68 bits per heavy atom. The van der Waals surface area contributed by atoms with Gasteiger partial charge < -0.3 is 10.5 Å². The van der Waals surface area contributed by atoms with E-state index in [0.29, 0.717) is 0 Å². The van der Waals surface area contributed by atoms with Crippen LogP contribution in [0.2, 0.25) is 0 Å². The van der Waals surface area contributed by atoms with Crippen molar-refractivity contribution in [2.45, 2.75) is 18.1 Å². The molecular formula is C10H10ClF6NO. The van der Waals surface area contributed by atoms with E-state index < -0.39 is 35.3 Å². The smallest absolute Gasteiger partial charge is 0.455 e. The molecule has 0 fully saturated rings. The zero-order chi connectivity index (χ0) is 14.1. The first-order chi connectivity index (χ1) is 8.13. The van der Waals surface area contributed by atoms with Crippen LogP contribution in [0.3, 0.4) is 0 Å². The largest absolute Gasteiger partial charge is 0.493 e. The van der Waals surface area contributed by atoms with Gasteiger partial charge in [-0.15, -0.1) is 12.4 Å². The highest BCUT2D eigenvalue weighted by atomic mass is 35.5. The second-order valence-electron chi connectivity index (χ2n) is 3.46. The van der Waals surface area contributed by atoms with Gasteiger partial charge in [-0.05, 0) is 6.07 Å². The molecule has 1 aromatic rings. The van der Waals surface area contributed by atoms with Gasteiger partial charge in [0.15, 0.2) is 11.6 Å². The summed E-state index contributed by atoms with van der Waals surface area (Å²) in [6, 6.07) is -0.0601. The van der Waals surface area contributed by atoms with Crippen LogP contribution in [0.15, 0.2) is 18.2 Å². The molecule has 0 heterocycles. The zero-order valence-corrected chi connectivity index (χ0v) is 10.3. The fourth-order valence-electron chi connectivity index (χ4n) is 1.36. The minimum Gasteiger partial charge on any atom is -0.493 e. The lowest BCUT2D eigenvalue weighted by molar-refractivity contribution is -0.291. The number of hydrogen-bond donors (Lipinski definition) is 1. The lowest BCUT2D eigenvalue weighted by atomic mass is 10.00. The first kappa shape index (κ1) is 17.8. The van der Waals surface area contributed by atoms with E-state index in [-0.39, 0.29) is 12.4 Å². The molecule has 0 aliphatic rings. The maximum Gasteiger partial charge on any atom is 0.455 e. The molecule has 0 aliphatic carbocycles. The number of halogens is 7. The van der Waals surface area contributed by atoms with Gasteiger partial charge >= 0.3 is 12.1 Å². The molecule has 0 radical (unpaired) electrons. The lowest BCUT2D eigenvalue weighted by Crippen LogP contribution is -2.46. The van der Waals surface area contributed by atoms with Crippen molar-refractivity contribution in [2.24, 2.45) is 5.73 Å². The Morgan fingerprint density at radius 3 is 2.11 bits per heavy atom. The van der Waals surface area contributed by atoms with E-state index >= 15 is 0 Å². The monoisotopic (exact) mass is 309 g/mol. The first-order valence-corrected chi connectivity index (χ1v) is 4.65. The van der Waals surface area contributed by atoms with Crippen LogP contribution in [0.5, 0.6) is 5.75 Å². The van der Waals surface area contributed by atoms with E-state index in [4.69, 9.17) is 5.73 Å². The Balaban J connectivity index is 0.00000324. The predicted molar refractivity (Wildman–Crippen MR) is 58.1 cm³/mol. The number of rotatable bonds is 3. The minimum absolute atomic E-state index is 0. The van der Waals surface area contributed by atoms with Crippen LogP contribution in [-0.4, -0.2) is 19.2 Å². The van der Waals surface area contributed by atoms with Crippen LogP contribution in [-0.2, 0) is 0 Å². The molecular weight excluding hydrogens is 300 g/mol. The fourth-order valence-corrected chi connectivity index (χ4v) is 1.36. The normalized spacial score (nSPS) is 13.7. The van der Waals surface area contributed by atoms with Crippen molar-refractivity contribution in [2.75, 3.05) is 7.11 Å². The summed E-state index contributed by atoms with van der Waals surface area (Å²) in [5.41, 5.74) is 4.14. The van der Waals surface area contributed by atoms with Crippen molar-refractivity contribution >= 4 is 12.4 Å². The molecule has 0 unspecified atom stereocenters. The summed E-state index contributed by atoms with van der Waals surface area (Å²) < 4.78 is 80.1. The molecule has 0 saturated heterocycles. The lowest BCUT2D eigenvalue weighted by Gasteiger charge is -2.26. The molecule has 0 aromatic heterocycles. The number of para-hydroxylation sites is 1. The number of benzene rings is 1. The van der Waals surface area contributed by atoms with Crippen molar-refractivity contribution < 1.29 is 31.1 Å². The summed E-state index contributed by atoms with van der Waals surface area (Å²) in [7, 11) is 0.945. The van der Waals surface area contributed by atoms with Crippen LogP contribution in [0, 0.1) is 5.82 Å². The van der Waals surface area contributed by atoms with Crippen LogP contribution in [0.1, 0.15) is 11.6 Å². The quantitative estimate of drug-likeness (QED) is 0.868. The SMILES string of the molecule is COc1c(F)cccc1[C@H](N)C(F)(F)C(F)(F)F.Cl. The summed E-state index contributed by atoms with van der Waals surface area (Å²) in [6.45, 7) is 0. The second-order valence-corrected chi connectivity index (χ2v) is 3.46. The molecule has 110 valence electrons. The van der Waals surface area contributed by atoms with E-state index in [9.17, 15) is 26.3 Å². The summed E-state index contributed by atoms with van der Waals surface area (Å²) >= 11 is 0. The van der Waals surface area contributed by atoms with E-state index in [1.807, 2.05) is 0 Å². The molecule has 0 bridgehead atoms. The van der Waals surface area contributed by atoms with E-state index in [1.165, 1.54) is 0 Å². The van der Waals surface area contributed by atoms with Gasteiger partial charge in [-0.3, -0.25) is 0 Å². The molecule has 19 heavy (non-hydrogen) atoms. The third-order valence-corrected chi connectivity index (χ3v) is 2.31. The Hall–Kier alpha value is -1.15. The average molecular weight is 310 g/mol. The number of nitrogens with two attached hydrogens (primary N) is 1. The van der Waals surface area contributed by atoms with Crippen molar-refractivity contribution in [3.8, 4) is 5.75 Å². The Kier molecular flexibility index (Phi) is 5.52. The summed E-state index contributed by atoms with van der Waals surface area (Å²) in [4.78, 5) is 0. The second kappa shape index (κ2) is 5.87. The molecule has 2 nitrogen and oxygen atoms in total. The van der Waals surface area contributed by atoms with E-state index in [0.717, 1.165) is 25.3 Å². The summed E-state index contributed by atoms with van der Waals surface area (Å²) in [5, 5.41) is 0. The number of hydrogen-bond acceptors (Lipinski definition) is 2. The van der Waals surface area contributed by atoms with Gasteiger partial charge in [-0.1, -0.05) is 12.1 Å².